The van der Waals surface area contributed by atoms with Gasteiger partial charge in [-0.3, -0.25) is 0 Å². The van der Waals surface area contributed by atoms with Crippen LogP contribution >= 0.6 is 34.7 Å². The van der Waals surface area contributed by atoms with Crippen LogP contribution in [0, 0.1) is 0 Å². The maximum atomic E-state index is 11.5. The predicted octanol–water partition coefficient (Wildman–Crippen LogP) is 2.91. The van der Waals surface area contributed by atoms with Gasteiger partial charge >= 0.3 is 5.97 Å². The highest BCUT2D eigenvalue weighted by atomic mass is 35.5. The molecule has 2 rings (SSSR count). The summed E-state index contributed by atoms with van der Waals surface area (Å²) in [5.41, 5.74) is 0. The molecule has 1 aliphatic rings. The van der Waals surface area contributed by atoms with E-state index in [0.717, 1.165) is 17.4 Å². The maximum absolute atomic E-state index is 11.5. The molecular formula is C11H15ClN2O2S2. The van der Waals surface area contributed by atoms with Crippen molar-refractivity contribution in [3.05, 3.63) is 10.0 Å². The standard InChI is InChI=1S/C11H15ClN2O2S2/c1-6-7(2)17-5-4-14(6)11-13-9(12)8(18-11)10(15)16-3/h6-7H,4-5H2,1-3H3. The molecule has 0 bridgehead atoms. The summed E-state index contributed by atoms with van der Waals surface area (Å²) in [5, 5.41) is 1.59. The Balaban J connectivity index is 2.26. The number of carbonyl (C=O) groups excluding carboxylic acids is 1. The van der Waals surface area contributed by atoms with Crippen molar-refractivity contribution in [2.45, 2.75) is 25.1 Å². The molecule has 0 amide bonds. The molecule has 1 fully saturated rings. The van der Waals surface area contributed by atoms with E-state index in [1.807, 2.05) is 11.8 Å². The highest BCUT2D eigenvalue weighted by Gasteiger charge is 2.29. The number of aromatic nitrogens is 1. The molecule has 0 N–H and O–H groups in total. The van der Waals surface area contributed by atoms with Gasteiger partial charge < -0.3 is 9.64 Å². The SMILES string of the molecule is COC(=O)c1sc(N2CCSC(C)C2C)nc1Cl. The van der Waals surface area contributed by atoms with Crippen molar-refractivity contribution < 1.29 is 9.53 Å². The first-order valence-corrected chi connectivity index (χ1v) is 7.91. The molecular weight excluding hydrogens is 292 g/mol. The second kappa shape index (κ2) is 5.67. The summed E-state index contributed by atoms with van der Waals surface area (Å²) in [4.78, 5) is 18.4. The van der Waals surface area contributed by atoms with Crippen LogP contribution in [-0.2, 0) is 4.74 Å². The Morgan fingerprint density at radius 3 is 2.94 bits per heavy atom. The van der Waals surface area contributed by atoms with E-state index in [2.05, 4.69) is 23.7 Å². The summed E-state index contributed by atoms with van der Waals surface area (Å²) in [7, 11) is 1.35. The van der Waals surface area contributed by atoms with Crippen LogP contribution in [0.3, 0.4) is 0 Å². The van der Waals surface area contributed by atoms with Gasteiger partial charge in [0.2, 0.25) is 0 Å². The van der Waals surface area contributed by atoms with Gasteiger partial charge in [-0.2, -0.15) is 11.8 Å². The summed E-state index contributed by atoms with van der Waals surface area (Å²) in [6, 6.07) is 0.386. The summed E-state index contributed by atoms with van der Waals surface area (Å²) in [6.07, 6.45) is 0. The lowest BCUT2D eigenvalue weighted by atomic mass is 10.2. The number of rotatable bonds is 2. The number of hydrogen-bond donors (Lipinski definition) is 0. The van der Waals surface area contributed by atoms with Crippen LogP contribution in [0.15, 0.2) is 0 Å². The van der Waals surface area contributed by atoms with Crippen LogP contribution in [0.5, 0.6) is 0 Å². The van der Waals surface area contributed by atoms with E-state index in [-0.39, 0.29) is 5.15 Å². The normalized spacial score (nSPS) is 24.1. The zero-order chi connectivity index (χ0) is 13.3. The minimum Gasteiger partial charge on any atom is -0.465 e. The third-order valence-corrected chi connectivity index (χ3v) is 5.87. The van der Waals surface area contributed by atoms with Crippen LogP contribution < -0.4 is 4.90 Å². The second-order valence-electron chi connectivity index (χ2n) is 4.12. The molecule has 1 saturated heterocycles. The molecule has 4 nitrogen and oxygen atoms in total. The number of nitrogens with zero attached hydrogens (tertiary/aromatic N) is 2. The van der Waals surface area contributed by atoms with Crippen LogP contribution in [0.4, 0.5) is 5.13 Å². The van der Waals surface area contributed by atoms with Crippen molar-refractivity contribution in [1.82, 2.24) is 4.98 Å². The number of carbonyl (C=O) groups is 1. The van der Waals surface area contributed by atoms with E-state index in [1.165, 1.54) is 18.4 Å². The van der Waals surface area contributed by atoms with Gasteiger partial charge in [0.1, 0.15) is 0 Å². The van der Waals surface area contributed by atoms with E-state index >= 15 is 0 Å². The fourth-order valence-electron chi connectivity index (χ4n) is 1.84. The fourth-order valence-corrected chi connectivity index (χ4v) is 4.25. The highest BCUT2D eigenvalue weighted by Crippen LogP contribution is 2.35. The Morgan fingerprint density at radius 1 is 1.56 bits per heavy atom. The van der Waals surface area contributed by atoms with Crippen LogP contribution in [-0.4, -0.2) is 41.7 Å². The maximum Gasteiger partial charge on any atom is 0.351 e. The lowest BCUT2D eigenvalue weighted by Gasteiger charge is -2.37. The highest BCUT2D eigenvalue weighted by molar-refractivity contribution is 8.00. The largest absolute Gasteiger partial charge is 0.465 e. The number of anilines is 1. The van der Waals surface area contributed by atoms with Crippen molar-refractivity contribution in [2.75, 3.05) is 24.3 Å². The molecule has 0 aliphatic carbocycles. The monoisotopic (exact) mass is 306 g/mol. The van der Waals surface area contributed by atoms with Gasteiger partial charge in [-0.15, -0.1) is 0 Å². The van der Waals surface area contributed by atoms with E-state index in [1.54, 1.807) is 0 Å². The van der Waals surface area contributed by atoms with Gasteiger partial charge in [0.05, 0.1) is 7.11 Å². The van der Waals surface area contributed by atoms with Crippen molar-refractivity contribution in [2.24, 2.45) is 0 Å². The molecule has 7 heteroatoms. The molecule has 100 valence electrons. The number of methoxy groups -OCH3 is 1. The number of ether oxygens (including phenoxy) is 1. The molecule has 0 spiro atoms. The van der Waals surface area contributed by atoms with Gasteiger partial charge in [-0.1, -0.05) is 29.9 Å². The second-order valence-corrected chi connectivity index (χ2v) is 6.94. The number of thiazole rings is 1. The topological polar surface area (TPSA) is 42.4 Å². The van der Waals surface area contributed by atoms with E-state index in [4.69, 9.17) is 16.3 Å². The molecule has 2 unspecified atom stereocenters. The predicted molar refractivity (Wildman–Crippen MR) is 77.2 cm³/mol. The Hall–Kier alpha value is -0.460. The summed E-state index contributed by atoms with van der Waals surface area (Å²) in [6.45, 7) is 5.31. The first-order valence-electron chi connectivity index (χ1n) is 5.67. The Morgan fingerprint density at radius 2 is 2.28 bits per heavy atom. The van der Waals surface area contributed by atoms with Crippen molar-refractivity contribution >= 4 is 45.8 Å². The molecule has 0 radical (unpaired) electrons. The Bertz CT molecular complexity index is 452. The molecule has 1 aromatic rings. The summed E-state index contributed by atoms with van der Waals surface area (Å²) in [5.74, 6) is 0.645. The zero-order valence-corrected chi connectivity index (χ0v) is 12.9. The quantitative estimate of drug-likeness (QED) is 0.786. The van der Waals surface area contributed by atoms with Gasteiger partial charge in [0.15, 0.2) is 15.2 Å². The van der Waals surface area contributed by atoms with Crippen LogP contribution in [0.1, 0.15) is 23.5 Å². The third-order valence-electron chi connectivity index (χ3n) is 3.07. The summed E-state index contributed by atoms with van der Waals surface area (Å²) < 4.78 is 4.69. The van der Waals surface area contributed by atoms with Crippen molar-refractivity contribution in [1.29, 1.82) is 0 Å². The lowest BCUT2D eigenvalue weighted by molar-refractivity contribution is 0.0606. The van der Waals surface area contributed by atoms with Gasteiger partial charge in [0, 0.05) is 23.6 Å². The number of hydrogen-bond acceptors (Lipinski definition) is 6. The number of halogens is 1. The lowest BCUT2D eigenvalue weighted by Crippen LogP contribution is -2.44. The minimum atomic E-state index is -0.421. The van der Waals surface area contributed by atoms with Crippen LogP contribution in [0.2, 0.25) is 5.15 Å². The molecule has 1 aliphatic heterocycles. The number of thioether (sulfide) groups is 1. The Kier molecular flexibility index (Phi) is 4.40. The molecule has 18 heavy (non-hydrogen) atoms. The average molecular weight is 307 g/mol. The van der Waals surface area contributed by atoms with Gasteiger partial charge in [-0.25, -0.2) is 9.78 Å². The molecule has 2 atom stereocenters. The zero-order valence-electron chi connectivity index (χ0n) is 10.5. The first kappa shape index (κ1) is 14.0. The van der Waals surface area contributed by atoms with E-state index < -0.39 is 5.97 Å². The van der Waals surface area contributed by atoms with E-state index in [9.17, 15) is 4.79 Å². The van der Waals surface area contributed by atoms with Gasteiger partial charge in [0.25, 0.3) is 0 Å². The summed E-state index contributed by atoms with van der Waals surface area (Å²) >= 11 is 9.25. The molecule has 0 aromatic carbocycles. The molecule has 0 saturated carbocycles. The number of esters is 1. The fraction of sp³-hybridized carbons (Fsp3) is 0.636. The minimum absolute atomic E-state index is 0.236. The van der Waals surface area contributed by atoms with Gasteiger partial charge in [-0.05, 0) is 6.92 Å². The first-order chi connectivity index (χ1) is 8.54. The molecule has 2 heterocycles. The third kappa shape index (κ3) is 2.60. The van der Waals surface area contributed by atoms with E-state index in [0.29, 0.717) is 16.2 Å². The van der Waals surface area contributed by atoms with Crippen LogP contribution in [0.25, 0.3) is 0 Å². The average Bonchev–Trinajstić information content (AvgIpc) is 2.73. The van der Waals surface area contributed by atoms with Crippen molar-refractivity contribution in [3.63, 3.8) is 0 Å². The molecule has 1 aromatic heterocycles. The van der Waals surface area contributed by atoms with Crippen molar-refractivity contribution in [3.8, 4) is 0 Å². The smallest absolute Gasteiger partial charge is 0.351 e. The Labute approximate surface area is 120 Å².